The van der Waals surface area contributed by atoms with Crippen LogP contribution in [0.3, 0.4) is 0 Å². The lowest BCUT2D eigenvalue weighted by Crippen LogP contribution is -3.17. The second-order valence-corrected chi connectivity index (χ2v) is 4.80. The van der Waals surface area contributed by atoms with Crippen LogP contribution in [-0.2, 0) is 0 Å². The number of anilines is 1. The topological polar surface area (TPSA) is 28.9 Å². The van der Waals surface area contributed by atoms with Crippen molar-refractivity contribution in [3.63, 3.8) is 0 Å². The van der Waals surface area contributed by atoms with Crippen molar-refractivity contribution in [3.8, 4) is 5.75 Å². The normalized spacial score (nSPS) is 19.6. The Morgan fingerprint density at radius 2 is 2.22 bits per heavy atom. The minimum Gasteiger partial charge on any atom is -0.495 e. The molecule has 2 N–H and O–H groups in total. The van der Waals surface area contributed by atoms with Crippen molar-refractivity contribution in [1.29, 1.82) is 0 Å². The molecule has 0 saturated carbocycles. The van der Waals surface area contributed by atoms with E-state index in [4.69, 9.17) is 17.0 Å². The van der Waals surface area contributed by atoms with Gasteiger partial charge in [-0.15, -0.1) is 0 Å². The molecule has 0 radical (unpaired) electrons. The van der Waals surface area contributed by atoms with E-state index in [2.05, 4.69) is 17.1 Å². The fraction of sp³-hybridized carbons (Fsp3) is 0.462. The fourth-order valence-electron chi connectivity index (χ4n) is 2.22. The number of quaternary nitrogens is 1. The van der Waals surface area contributed by atoms with E-state index >= 15 is 0 Å². The Labute approximate surface area is 114 Å². The van der Waals surface area contributed by atoms with Crippen LogP contribution in [0.4, 0.5) is 5.69 Å². The van der Waals surface area contributed by atoms with Crippen LogP contribution in [0.1, 0.15) is 13.3 Å². The van der Waals surface area contributed by atoms with E-state index in [0.29, 0.717) is 0 Å². The smallest absolute Gasteiger partial charge is 0.182 e. The second kappa shape index (κ2) is 6.02. The van der Waals surface area contributed by atoms with Gasteiger partial charge in [-0.2, -0.15) is 0 Å². The number of hydrogen-bond acceptors (Lipinski definition) is 2. The molecule has 0 spiro atoms. The molecule has 1 aliphatic rings. The Bertz CT molecular complexity index is 424. The number of hydrogen-bond donors (Lipinski definition) is 2. The predicted octanol–water partition coefficient (Wildman–Crippen LogP) is 0.600. The number of nitrogens with one attached hydrogen (secondary N) is 2. The Balaban J connectivity index is 2.21. The van der Waals surface area contributed by atoms with Crippen LogP contribution in [-0.4, -0.2) is 32.1 Å². The maximum absolute atomic E-state index is 5.40. The summed E-state index contributed by atoms with van der Waals surface area (Å²) in [7, 11) is 1.69. The van der Waals surface area contributed by atoms with E-state index < -0.39 is 0 Å². The van der Waals surface area contributed by atoms with Gasteiger partial charge in [-0.25, -0.2) is 0 Å². The van der Waals surface area contributed by atoms with Gasteiger partial charge >= 0.3 is 0 Å². The van der Waals surface area contributed by atoms with Crippen LogP contribution in [0.5, 0.6) is 5.75 Å². The molecule has 1 aliphatic heterocycles. The average molecular weight is 266 g/mol. The summed E-state index contributed by atoms with van der Waals surface area (Å²) in [5.74, 6) is 0.861. The molecule has 98 valence electrons. The third-order valence-electron chi connectivity index (χ3n) is 3.10. The summed E-state index contributed by atoms with van der Waals surface area (Å²) < 4.78 is 5.40. The molecule has 0 bridgehead atoms. The van der Waals surface area contributed by atoms with Crippen molar-refractivity contribution in [2.24, 2.45) is 0 Å². The summed E-state index contributed by atoms with van der Waals surface area (Å²) in [6.07, 6.45) is 1.17. The number of rotatable bonds is 4. The van der Waals surface area contributed by atoms with Gasteiger partial charge in [0.05, 0.1) is 19.3 Å². The largest absolute Gasteiger partial charge is 0.495 e. The molecule has 0 aliphatic carbocycles. The number of benzene rings is 1. The van der Waals surface area contributed by atoms with Gasteiger partial charge in [0.25, 0.3) is 0 Å². The van der Waals surface area contributed by atoms with E-state index in [1.807, 2.05) is 24.3 Å². The van der Waals surface area contributed by atoms with Crippen molar-refractivity contribution in [2.75, 3.05) is 31.9 Å². The van der Waals surface area contributed by atoms with Crippen molar-refractivity contribution >= 4 is 23.0 Å². The summed E-state index contributed by atoms with van der Waals surface area (Å²) in [5.41, 5.74) is 1.03. The third kappa shape index (κ3) is 2.73. The molecule has 1 atom stereocenters. The molecular weight excluding hydrogens is 246 g/mol. The maximum atomic E-state index is 5.40. The van der Waals surface area contributed by atoms with Crippen molar-refractivity contribution in [1.82, 2.24) is 5.32 Å². The molecule has 2 rings (SSSR count). The molecular formula is C13H20N3OS+. The lowest BCUT2D eigenvalue weighted by atomic mass is 10.2. The summed E-state index contributed by atoms with van der Waals surface area (Å²) in [6, 6.07) is 7.99. The minimum atomic E-state index is 0.777. The van der Waals surface area contributed by atoms with E-state index in [0.717, 1.165) is 36.4 Å². The van der Waals surface area contributed by atoms with Crippen LogP contribution >= 0.6 is 12.2 Å². The highest BCUT2D eigenvalue weighted by atomic mass is 32.1. The predicted molar refractivity (Wildman–Crippen MR) is 77.1 cm³/mol. The Kier molecular flexibility index (Phi) is 4.38. The third-order valence-corrected chi connectivity index (χ3v) is 3.46. The number of para-hydroxylation sites is 2. The van der Waals surface area contributed by atoms with Crippen molar-refractivity contribution in [2.45, 2.75) is 13.3 Å². The van der Waals surface area contributed by atoms with Gasteiger partial charge in [0.15, 0.2) is 18.4 Å². The highest BCUT2D eigenvalue weighted by molar-refractivity contribution is 7.80. The monoisotopic (exact) mass is 266 g/mol. The van der Waals surface area contributed by atoms with Crippen LogP contribution < -0.4 is 19.9 Å². The second-order valence-electron chi connectivity index (χ2n) is 4.42. The Hall–Kier alpha value is -1.33. The van der Waals surface area contributed by atoms with Gasteiger partial charge in [-0.1, -0.05) is 19.1 Å². The zero-order valence-corrected chi connectivity index (χ0v) is 11.7. The van der Waals surface area contributed by atoms with E-state index in [9.17, 15) is 0 Å². The van der Waals surface area contributed by atoms with E-state index in [1.165, 1.54) is 11.3 Å². The molecule has 1 aromatic carbocycles. The van der Waals surface area contributed by atoms with Gasteiger partial charge in [0.1, 0.15) is 5.75 Å². The molecule has 1 unspecified atom stereocenters. The lowest BCUT2D eigenvalue weighted by Gasteiger charge is -2.35. The summed E-state index contributed by atoms with van der Waals surface area (Å²) in [6.45, 7) is 5.13. The van der Waals surface area contributed by atoms with Gasteiger partial charge in [-0.3, -0.25) is 4.90 Å². The first-order valence-corrected chi connectivity index (χ1v) is 6.69. The quantitative estimate of drug-likeness (QED) is 0.781. The molecule has 0 amide bonds. The molecule has 1 aromatic rings. The zero-order valence-electron chi connectivity index (χ0n) is 10.9. The van der Waals surface area contributed by atoms with Crippen LogP contribution in [0.25, 0.3) is 0 Å². The highest BCUT2D eigenvalue weighted by Crippen LogP contribution is 2.27. The summed E-state index contributed by atoms with van der Waals surface area (Å²) >= 11 is 5.40. The SMILES string of the molecule is CCC[NH+]1CNC(=S)N(c2ccccc2OC)C1. The standard InChI is InChI=1S/C13H19N3OS/c1-3-8-15-9-14-13(18)16(10-15)11-6-4-5-7-12(11)17-2/h4-7H,3,8-10H2,1-2H3,(H,14,18)/p+1. The highest BCUT2D eigenvalue weighted by Gasteiger charge is 2.25. The van der Waals surface area contributed by atoms with Crippen LogP contribution in [0.15, 0.2) is 24.3 Å². The van der Waals surface area contributed by atoms with Gasteiger partial charge in [0.2, 0.25) is 0 Å². The van der Waals surface area contributed by atoms with E-state index in [-0.39, 0.29) is 0 Å². The Morgan fingerprint density at radius 1 is 1.44 bits per heavy atom. The number of methoxy groups -OCH3 is 1. The first-order valence-electron chi connectivity index (χ1n) is 6.28. The molecule has 0 aromatic heterocycles. The van der Waals surface area contributed by atoms with Gasteiger partial charge in [0, 0.05) is 0 Å². The molecule has 1 saturated heterocycles. The van der Waals surface area contributed by atoms with Crippen LogP contribution in [0, 0.1) is 0 Å². The summed E-state index contributed by atoms with van der Waals surface area (Å²) in [4.78, 5) is 3.60. The first-order chi connectivity index (χ1) is 8.76. The van der Waals surface area contributed by atoms with Gasteiger partial charge < -0.3 is 15.0 Å². The zero-order chi connectivity index (χ0) is 13.0. The number of thiocarbonyl (C=S) groups is 1. The molecule has 1 heterocycles. The van der Waals surface area contributed by atoms with Gasteiger partial charge in [-0.05, 0) is 30.8 Å². The average Bonchev–Trinajstić information content (AvgIpc) is 2.41. The van der Waals surface area contributed by atoms with Crippen LogP contribution in [0.2, 0.25) is 0 Å². The van der Waals surface area contributed by atoms with Crippen molar-refractivity contribution < 1.29 is 9.64 Å². The van der Waals surface area contributed by atoms with E-state index in [1.54, 1.807) is 7.11 Å². The molecule has 4 nitrogen and oxygen atoms in total. The molecule has 18 heavy (non-hydrogen) atoms. The molecule has 1 fully saturated rings. The molecule has 5 heteroatoms. The number of nitrogens with zero attached hydrogens (tertiary/aromatic N) is 1. The summed E-state index contributed by atoms with van der Waals surface area (Å²) in [5, 5.41) is 4.06. The number of ether oxygens (including phenoxy) is 1. The minimum absolute atomic E-state index is 0.777. The maximum Gasteiger partial charge on any atom is 0.182 e. The Morgan fingerprint density at radius 3 is 2.94 bits per heavy atom. The first kappa shape index (κ1) is 13.1. The lowest BCUT2D eigenvalue weighted by molar-refractivity contribution is -0.903. The fourth-order valence-corrected chi connectivity index (χ4v) is 2.45. The van der Waals surface area contributed by atoms with Crippen molar-refractivity contribution in [3.05, 3.63) is 24.3 Å².